The number of halogens is 2. The van der Waals surface area contributed by atoms with E-state index < -0.39 is 17.5 Å². The van der Waals surface area contributed by atoms with Gasteiger partial charge in [0, 0.05) is 19.6 Å². The zero-order valence-corrected chi connectivity index (χ0v) is 19.0. The second kappa shape index (κ2) is 9.09. The van der Waals surface area contributed by atoms with Crippen LogP contribution >= 0.6 is 11.3 Å². The molecule has 10 heteroatoms. The van der Waals surface area contributed by atoms with Gasteiger partial charge in [-0.25, -0.2) is 18.4 Å². The fourth-order valence-corrected chi connectivity index (χ4v) is 5.12. The van der Waals surface area contributed by atoms with Gasteiger partial charge in [0.05, 0.1) is 11.8 Å². The molecule has 1 aromatic carbocycles. The molecule has 1 aliphatic heterocycles. The average Bonchev–Trinajstić information content (AvgIpc) is 3.48. The highest BCUT2D eigenvalue weighted by Crippen LogP contribution is 2.36. The fraction of sp³-hybridized carbons (Fsp3) is 0.435. The maximum Gasteiger partial charge on any atom is 0.277 e. The monoisotopic (exact) mass is 472 g/mol. The molecule has 33 heavy (non-hydrogen) atoms. The Kier molecular flexibility index (Phi) is 6.01. The first kappa shape index (κ1) is 21.8. The van der Waals surface area contributed by atoms with Gasteiger partial charge in [-0.15, -0.1) is 0 Å². The van der Waals surface area contributed by atoms with Gasteiger partial charge in [-0.2, -0.15) is 5.10 Å². The molecule has 3 aromatic rings. The van der Waals surface area contributed by atoms with E-state index in [0.29, 0.717) is 11.6 Å². The highest BCUT2D eigenvalue weighted by molar-refractivity contribution is 7.19. The highest BCUT2D eigenvalue weighted by atomic mass is 32.1. The predicted molar refractivity (Wildman–Crippen MR) is 125 cm³/mol. The summed E-state index contributed by atoms with van der Waals surface area (Å²) in [5.74, 6) is -0.479. The normalized spacial score (nSPS) is 16.6. The van der Waals surface area contributed by atoms with E-state index in [1.807, 2.05) is 4.68 Å². The van der Waals surface area contributed by atoms with Gasteiger partial charge in [-0.05, 0) is 43.7 Å². The maximum absolute atomic E-state index is 14.2. The van der Waals surface area contributed by atoms with Crippen molar-refractivity contribution in [3.63, 3.8) is 0 Å². The van der Waals surface area contributed by atoms with E-state index in [0.717, 1.165) is 61.8 Å². The van der Waals surface area contributed by atoms with E-state index in [2.05, 4.69) is 20.3 Å². The van der Waals surface area contributed by atoms with Crippen molar-refractivity contribution in [2.24, 2.45) is 5.92 Å². The molecule has 0 spiro atoms. The first-order valence-electron chi connectivity index (χ1n) is 11.3. The number of benzene rings is 1. The van der Waals surface area contributed by atoms with Crippen molar-refractivity contribution in [1.29, 1.82) is 0 Å². The van der Waals surface area contributed by atoms with E-state index in [-0.39, 0.29) is 21.3 Å². The van der Waals surface area contributed by atoms with Gasteiger partial charge in [0.25, 0.3) is 5.91 Å². The van der Waals surface area contributed by atoms with Crippen molar-refractivity contribution in [2.45, 2.75) is 45.1 Å². The Morgan fingerprint density at radius 2 is 1.85 bits per heavy atom. The van der Waals surface area contributed by atoms with Gasteiger partial charge < -0.3 is 16.0 Å². The summed E-state index contributed by atoms with van der Waals surface area (Å²) in [6.45, 7) is 2.65. The number of hydrogen-bond acceptors (Lipinski definition) is 6. The summed E-state index contributed by atoms with van der Waals surface area (Å²) in [6, 6.07) is 3.58. The van der Waals surface area contributed by atoms with Crippen molar-refractivity contribution >= 4 is 33.8 Å². The smallest absolute Gasteiger partial charge is 0.277 e. The molecule has 2 aliphatic rings. The van der Waals surface area contributed by atoms with Crippen LogP contribution in [0, 0.1) is 17.6 Å². The second-order valence-electron chi connectivity index (χ2n) is 8.69. The lowest BCUT2D eigenvalue weighted by molar-refractivity contribution is 0.102. The standard InChI is InChI=1S/C23H26F2N6OS/c24-15-6-5-7-16(25)18(15)22-29-19(20(26)33-22)21(32)28-17-12-27-31(13-14-8-9-14)23(17)30-10-3-1-2-4-11-30/h5-7,12,14H,1-4,8-11,13,26H2,(H,28,32). The van der Waals surface area contributed by atoms with Crippen molar-refractivity contribution < 1.29 is 13.6 Å². The third kappa shape index (κ3) is 4.57. The van der Waals surface area contributed by atoms with Gasteiger partial charge >= 0.3 is 0 Å². The molecule has 1 aliphatic carbocycles. The molecule has 3 N–H and O–H groups in total. The number of nitrogens with one attached hydrogen (secondary N) is 1. The molecule has 0 bridgehead atoms. The van der Waals surface area contributed by atoms with Crippen LogP contribution < -0.4 is 16.0 Å². The first-order chi connectivity index (χ1) is 16.0. The molecule has 1 saturated carbocycles. The molecule has 0 unspecified atom stereocenters. The summed E-state index contributed by atoms with van der Waals surface area (Å²) in [5.41, 5.74) is 6.31. The fourth-order valence-electron chi connectivity index (χ4n) is 4.25. The van der Waals surface area contributed by atoms with Crippen LogP contribution in [0.3, 0.4) is 0 Å². The zero-order valence-electron chi connectivity index (χ0n) is 18.2. The quantitative estimate of drug-likeness (QED) is 0.532. The van der Waals surface area contributed by atoms with Gasteiger partial charge in [-0.1, -0.05) is 30.2 Å². The Bertz CT molecular complexity index is 1140. The number of hydrogen-bond donors (Lipinski definition) is 2. The minimum Gasteiger partial charge on any atom is -0.389 e. The lowest BCUT2D eigenvalue weighted by atomic mass is 10.2. The average molecular weight is 473 g/mol. The van der Waals surface area contributed by atoms with Crippen molar-refractivity contribution in [3.05, 3.63) is 41.7 Å². The van der Waals surface area contributed by atoms with E-state index in [9.17, 15) is 13.6 Å². The molecular weight excluding hydrogens is 446 g/mol. The molecule has 2 aromatic heterocycles. The first-order valence-corrected chi connectivity index (χ1v) is 12.2. The molecule has 7 nitrogen and oxygen atoms in total. The Morgan fingerprint density at radius 1 is 1.15 bits per heavy atom. The summed E-state index contributed by atoms with van der Waals surface area (Å²) in [6.07, 6.45) is 8.65. The molecule has 1 amide bonds. The number of carbonyl (C=O) groups is 1. The number of nitrogens with two attached hydrogens (primary N) is 1. The van der Waals surface area contributed by atoms with Crippen LogP contribution in [0.4, 0.5) is 25.3 Å². The van der Waals surface area contributed by atoms with Crippen LogP contribution in [0.2, 0.25) is 0 Å². The summed E-state index contributed by atoms with van der Waals surface area (Å²) in [4.78, 5) is 19.6. The zero-order chi connectivity index (χ0) is 22.9. The topological polar surface area (TPSA) is 89.1 Å². The van der Waals surface area contributed by atoms with Crippen LogP contribution in [0.5, 0.6) is 0 Å². The third-order valence-corrected chi connectivity index (χ3v) is 7.04. The second-order valence-corrected chi connectivity index (χ2v) is 9.72. The van der Waals surface area contributed by atoms with Gasteiger partial charge in [0.1, 0.15) is 27.3 Å². The van der Waals surface area contributed by atoms with Crippen LogP contribution in [0.15, 0.2) is 24.4 Å². The van der Waals surface area contributed by atoms with Crippen LogP contribution in [0.1, 0.15) is 49.0 Å². The minimum atomic E-state index is -0.750. The van der Waals surface area contributed by atoms with Crippen molar-refractivity contribution in [2.75, 3.05) is 29.0 Å². The number of rotatable bonds is 6. The van der Waals surface area contributed by atoms with E-state index >= 15 is 0 Å². The number of aromatic nitrogens is 3. The van der Waals surface area contributed by atoms with Gasteiger partial charge in [0.15, 0.2) is 11.5 Å². The summed E-state index contributed by atoms with van der Waals surface area (Å²) < 4.78 is 30.4. The Hall–Kier alpha value is -3.01. The maximum atomic E-state index is 14.2. The van der Waals surface area contributed by atoms with E-state index in [4.69, 9.17) is 5.73 Å². The van der Waals surface area contributed by atoms with Gasteiger partial charge in [-0.3, -0.25) is 4.79 Å². The summed E-state index contributed by atoms with van der Waals surface area (Å²) >= 11 is 0.886. The molecule has 0 radical (unpaired) electrons. The highest BCUT2D eigenvalue weighted by Gasteiger charge is 2.28. The lowest BCUT2D eigenvalue weighted by Crippen LogP contribution is -2.28. The molecular formula is C23H26F2N6OS. The van der Waals surface area contributed by atoms with E-state index in [1.165, 1.54) is 31.7 Å². The lowest BCUT2D eigenvalue weighted by Gasteiger charge is -2.25. The summed E-state index contributed by atoms with van der Waals surface area (Å²) in [7, 11) is 0. The number of amides is 1. The molecule has 5 rings (SSSR count). The van der Waals surface area contributed by atoms with Crippen LogP contribution in [-0.2, 0) is 6.54 Å². The Labute approximate surface area is 194 Å². The van der Waals surface area contributed by atoms with E-state index in [1.54, 1.807) is 6.20 Å². The Balaban J connectivity index is 1.43. The number of carbonyl (C=O) groups excluding carboxylic acids is 1. The third-order valence-electron chi connectivity index (χ3n) is 6.14. The minimum absolute atomic E-state index is 0.0328. The van der Waals surface area contributed by atoms with Crippen LogP contribution in [0.25, 0.3) is 10.6 Å². The largest absolute Gasteiger partial charge is 0.389 e. The Morgan fingerprint density at radius 3 is 2.52 bits per heavy atom. The number of nitrogen functional groups attached to an aromatic ring is 1. The molecule has 3 heterocycles. The van der Waals surface area contributed by atoms with Crippen molar-refractivity contribution in [3.8, 4) is 10.6 Å². The summed E-state index contributed by atoms with van der Waals surface area (Å²) in [5, 5.41) is 7.60. The number of thiazole rings is 1. The predicted octanol–water partition coefficient (Wildman–Crippen LogP) is 4.91. The van der Waals surface area contributed by atoms with Crippen molar-refractivity contribution in [1.82, 2.24) is 14.8 Å². The van der Waals surface area contributed by atoms with Gasteiger partial charge in [0.2, 0.25) is 0 Å². The number of nitrogens with zero attached hydrogens (tertiary/aromatic N) is 4. The molecule has 174 valence electrons. The molecule has 2 fully saturated rings. The SMILES string of the molecule is Nc1sc(-c2c(F)cccc2F)nc1C(=O)Nc1cnn(CC2CC2)c1N1CCCCCC1. The molecule has 1 saturated heterocycles. The van der Waals surface area contributed by atoms with Crippen LogP contribution in [-0.4, -0.2) is 33.8 Å². The number of anilines is 3. The molecule has 0 atom stereocenters.